The number of amides is 1. The van der Waals surface area contributed by atoms with Crippen molar-refractivity contribution in [1.82, 2.24) is 0 Å². The first-order valence-corrected chi connectivity index (χ1v) is 10.3. The highest BCUT2D eigenvalue weighted by Crippen LogP contribution is 2.38. The molecule has 0 fully saturated rings. The minimum absolute atomic E-state index is 0.0416. The van der Waals surface area contributed by atoms with Crippen molar-refractivity contribution < 1.29 is 9.18 Å². The third kappa shape index (κ3) is 3.32. The molecule has 1 atom stereocenters. The van der Waals surface area contributed by atoms with E-state index in [-0.39, 0.29) is 17.5 Å². The van der Waals surface area contributed by atoms with Gasteiger partial charge in [0.15, 0.2) is 0 Å². The van der Waals surface area contributed by atoms with Crippen LogP contribution in [0, 0.1) is 5.82 Å². The predicted octanol–water partition coefficient (Wildman–Crippen LogP) is 4.91. The number of benzene rings is 3. The van der Waals surface area contributed by atoms with Crippen LogP contribution in [0.25, 0.3) is 0 Å². The number of carbonyl (C=O) groups is 1. The van der Waals surface area contributed by atoms with Gasteiger partial charge >= 0.3 is 0 Å². The highest BCUT2D eigenvalue weighted by molar-refractivity contribution is 6.36. The van der Waals surface area contributed by atoms with Gasteiger partial charge in [-0.1, -0.05) is 54.6 Å². The first kappa shape index (κ1) is 19.2. The van der Waals surface area contributed by atoms with Gasteiger partial charge in [-0.25, -0.2) is 4.39 Å². The van der Waals surface area contributed by atoms with Gasteiger partial charge in [0.05, 0.1) is 5.57 Å². The van der Waals surface area contributed by atoms with Crippen LogP contribution >= 0.6 is 0 Å². The number of anilines is 2. The molecule has 154 valence electrons. The van der Waals surface area contributed by atoms with Crippen LogP contribution in [0.3, 0.4) is 0 Å². The Morgan fingerprint density at radius 3 is 2.42 bits per heavy atom. The Morgan fingerprint density at radius 2 is 1.68 bits per heavy atom. The minimum atomic E-state index is -0.467. The van der Waals surface area contributed by atoms with E-state index in [0.29, 0.717) is 11.3 Å². The van der Waals surface area contributed by atoms with E-state index in [4.69, 9.17) is 0 Å². The molecule has 0 N–H and O–H groups in total. The van der Waals surface area contributed by atoms with Gasteiger partial charge in [-0.2, -0.15) is 10.1 Å². The van der Waals surface area contributed by atoms with Gasteiger partial charge < -0.3 is 4.90 Å². The molecule has 1 amide bonds. The summed E-state index contributed by atoms with van der Waals surface area (Å²) in [4.78, 5) is 15.3. The average molecular weight is 411 g/mol. The molecule has 1 unspecified atom stereocenters. The number of para-hydroxylation sites is 1. The van der Waals surface area contributed by atoms with Crippen molar-refractivity contribution >= 4 is 23.0 Å². The molecule has 0 saturated carbocycles. The molecule has 5 heteroatoms. The van der Waals surface area contributed by atoms with E-state index in [0.717, 1.165) is 23.2 Å². The van der Waals surface area contributed by atoms with Gasteiger partial charge in [-0.05, 0) is 41.8 Å². The highest BCUT2D eigenvalue weighted by Gasteiger charge is 2.38. The number of rotatable bonds is 4. The summed E-state index contributed by atoms with van der Waals surface area (Å²) >= 11 is 0. The lowest BCUT2D eigenvalue weighted by molar-refractivity contribution is -0.114. The van der Waals surface area contributed by atoms with Crippen LogP contribution in [-0.2, 0) is 11.2 Å². The molecule has 1 heterocycles. The van der Waals surface area contributed by atoms with Gasteiger partial charge in [-0.15, -0.1) is 0 Å². The van der Waals surface area contributed by atoms with Crippen molar-refractivity contribution in [2.75, 3.05) is 24.0 Å². The van der Waals surface area contributed by atoms with Crippen molar-refractivity contribution in [2.45, 2.75) is 12.3 Å². The average Bonchev–Trinajstić information content (AvgIpc) is 3.11. The van der Waals surface area contributed by atoms with Crippen molar-refractivity contribution in [1.29, 1.82) is 0 Å². The Hall–Kier alpha value is -3.73. The van der Waals surface area contributed by atoms with Crippen LogP contribution in [0.5, 0.6) is 0 Å². The first-order chi connectivity index (χ1) is 15.0. The van der Waals surface area contributed by atoms with E-state index in [9.17, 15) is 9.18 Å². The largest absolute Gasteiger partial charge is 0.378 e. The highest BCUT2D eigenvalue weighted by atomic mass is 19.1. The van der Waals surface area contributed by atoms with Crippen molar-refractivity contribution in [3.63, 3.8) is 0 Å². The summed E-state index contributed by atoms with van der Waals surface area (Å²) < 4.78 is 14.4. The fourth-order valence-electron chi connectivity index (χ4n) is 4.23. The summed E-state index contributed by atoms with van der Waals surface area (Å²) in [6, 6.07) is 22.7. The molecule has 0 saturated heterocycles. The van der Waals surface area contributed by atoms with Crippen LogP contribution < -0.4 is 9.91 Å². The fourth-order valence-corrected chi connectivity index (χ4v) is 4.23. The Labute approximate surface area is 180 Å². The van der Waals surface area contributed by atoms with Gasteiger partial charge in [-0.3, -0.25) is 4.79 Å². The molecular formula is C26H22FN3O. The number of hydrogen-bond acceptors (Lipinski definition) is 3. The summed E-state index contributed by atoms with van der Waals surface area (Å²) in [6.07, 6.45) is 2.76. The monoisotopic (exact) mass is 411 g/mol. The van der Waals surface area contributed by atoms with Crippen LogP contribution in [0.2, 0.25) is 0 Å². The first-order valence-electron chi connectivity index (χ1n) is 10.3. The molecule has 1 aliphatic carbocycles. The number of hydrazone groups is 1. The van der Waals surface area contributed by atoms with Crippen molar-refractivity contribution in [2.24, 2.45) is 5.10 Å². The molecule has 0 radical (unpaired) electrons. The van der Waals surface area contributed by atoms with Crippen LogP contribution in [0.1, 0.15) is 22.6 Å². The third-order valence-electron chi connectivity index (χ3n) is 5.85. The second-order valence-corrected chi connectivity index (χ2v) is 8.06. The van der Waals surface area contributed by atoms with E-state index in [1.165, 1.54) is 16.6 Å². The maximum absolute atomic E-state index is 14.4. The predicted molar refractivity (Wildman–Crippen MR) is 122 cm³/mol. The number of carbonyl (C=O) groups excluding carboxylic acids is 1. The molecular weight excluding hydrogens is 389 g/mol. The third-order valence-corrected chi connectivity index (χ3v) is 5.85. The molecule has 1 aliphatic heterocycles. The molecule has 2 aliphatic rings. The lowest BCUT2D eigenvalue weighted by Crippen LogP contribution is -2.24. The zero-order valence-corrected chi connectivity index (χ0v) is 17.4. The molecule has 0 aromatic heterocycles. The van der Waals surface area contributed by atoms with Crippen molar-refractivity contribution in [3.05, 3.63) is 107 Å². The molecule has 4 nitrogen and oxygen atoms in total. The van der Waals surface area contributed by atoms with E-state index >= 15 is 0 Å². The van der Waals surface area contributed by atoms with E-state index < -0.39 is 5.82 Å². The Morgan fingerprint density at radius 1 is 0.968 bits per heavy atom. The summed E-state index contributed by atoms with van der Waals surface area (Å²) in [5.41, 5.74) is 5.72. The molecule has 3 aromatic carbocycles. The Kier molecular flexibility index (Phi) is 4.66. The van der Waals surface area contributed by atoms with Gasteiger partial charge in [0.1, 0.15) is 17.2 Å². The number of halogens is 1. The Balaban J connectivity index is 1.54. The Bertz CT molecular complexity index is 1230. The van der Waals surface area contributed by atoms with Crippen LogP contribution in [-0.4, -0.2) is 25.7 Å². The minimum Gasteiger partial charge on any atom is -0.378 e. The SMILES string of the molecule is CN(C)c1ccc(CC2C=C3C(=O)N(c4ccccc4F)N=C3c3ccccc32)cc1. The lowest BCUT2D eigenvalue weighted by atomic mass is 9.80. The van der Waals surface area contributed by atoms with Crippen LogP contribution in [0.15, 0.2) is 89.5 Å². The molecule has 3 aromatic rings. The smallest absolute Gasteiger partial charge is 0.280 e. The molecule has 0 bridgehead atoms. The van der Waals surface area contributed by atoms with E-state index in [2.05, 4.69) is 40.3 Å². The maximum Gasteiger partial charge on any atom is 0.280 e. The maximum atomic E-state index is 14.4. The summed E-state index contributed by atoms with van der Waals surface area (Å²) in [7, 11) is 4.04. The number of fused-ring (bicyclic) bond motifs is 3. The second-order valence-electron chi connectivity index (χ2n) is 8.06. The normalized spacial score (nSPS) is 17.1. The lowest BCUT2D eigenvalue weighted by Gasteiger charge is -2.23. The molecule has 0 spiro atoms. The second kappa shape index (κ2) is 7.51. The number of hydrogen-bond donors (Lipinski definition) is 0. The summed E-state index contributed by atoms with van der Waals surface area (Å²) in [6.45, 7) is 0. The number of nitrogens with zero attached hydrogens (tertiary/aromatic N) is 3. The standard InChI is InChI=1S/C26H22FN3O/c1-29(2)19-13-11-17(12-14-19)15-18-16-22-25(21-8-4-3-7-20(18)21)28-30(26(22)31)24-10-6-5-9-23(24)27/h3-14,16,18H,15H2,1-2H3. The van der Waals surface area contributed by atoms with Gasteiger partial charge in [0.2, 0.25) is 0 Å². The van der Waals surface area contributed by atoms with Crippen molar-refractivity contribution in [3.8, 4) is 0 Å². The van der Waals surface area contributed by atoms with Gasteiger partial charge in [0.25, 0.3) is 5.91 Å². The van der Waals surface area contributed by atoms with Gasteiger partial charge in [0, 0.05) is 31.3 Å². The fraction of sp³-hybridized carbons (Fsp3) is 0.154. The number of allylic oxidation sites excluding steroid dienone is 1. The summed E-state index contributed by atoms with van der Waals surface area (Å²) in [5, 5.41) is 5.70. The molecule has 31 heavy (non-hydrogen) atoms. The van der Waals surface area contributed by atoms with E-state index in [1.807, 2.05) is 38.4 Å². The van der Waals surface area contributed by atoms with E-state index in [1.54, 1.807) is 18.2 Å². The zero-order chi connectivity index (χ0) is 21.5. The quantitative estimate of drug-likeness (QED) is 0.612. The summed E-state index contributed by atoms with van der Waals surface area (Å²) in [5.74, 6) is -0.715. The van der Waals surface area contributed by atoms with Crippen LogP contribution in [0.4, 0.5) is 15.8 Å². The molecule has 5 rings (SSSR count). The topological polar surface area (TPSA) is 35.9 Å². The zero-order valence-electron chi connectivity index (χ0n) is 17.4.